The Morgan fingerprint density at radius 1 is 1.19 bits per heavy atom. The van der Waals surface area contributed by atoms with Crippen LogP contribution in [0.1, 0.15) is 32.6 Å². The molecule has 2 aromatic rings. The first-order chi connectivity index (χ1) is 10.2. The molecule has 3 rings (SSSR count). The highest BCUT2D eigenvalue weighted by Gasteiger charge is 2.19. The Morgan fingerprint density at radius 3 is 2.76 bits per heavy atom. The summed E-state index contributed by atoms with van der Waals surface area (Å²) in [6.07, 6.45) is 5.26. The van der Waals surface area contributed by atoms with Crippen molar-refractivity contribution in [1.29, 1.82) is 0 Å². The van der Waals surface area contributed by atoms with E-state index >= 15 is 0 Å². The van der Waals surface area contributed by atoms with Gasteiger partial charge >= 0.3 is 0 Å². The highest BCUT2D eigenvalue weighted by atomic mass is 79.9. The SMILES string of the molecule is CC(CCCNC1CC1)Oc1ccc2cc(Br)ccc2c1. The van der Waals surface area contributed by atoms with Crippen LogP contribution in [-0.4, -0.2) is 18.7 Å². The standard InChI is InChI=1S/C18H22BrNO/c1-13(3-2-10-20-17-7-8-17)21-18-9-5-14-11-16(19)6-4-15(14)12-18/h4-6,9,11-13,17,20H,2-3,7-8,10H2,1H3. The molecule has 0 aliphatic heterocycles. The van der Waals surface area contributed by atoms with Gasteiger partial charge < -0.3 is 10.1 Å². The summed E-state index contributed by atoms with van der Waals surface area (Å²) < 4.78 is 7.15. The molecule has 0 spiro atoms. The fourth-order valence-electron chi connectivity index (χ4n) is 2.54. The van der Waals surface area contributed by atoms with Crippen LogP contribution in [-0.2, 0) is 0 Å². The number of benzene rings is 2. The molecule has 112 valence electrons. The van der Waals surface area contributed by atoms with Gasteiger partial charge in [0.15, 0.2) is 0 Å². The molecule has 1 unspecified atom stereocenters. The number of fused-ring (bicyclic) bond motifs is 1. The van der Waals surface area contributed by atoms with Crippen molar-refractivity contribution in [2.24, 2.45) is 0 Å². The highest BCUT2D eigenvalue weighted by Crippen LogP contribution is 2.25. The Morgan fingerprint density at radius 2 is 1.95 bits per heavy atom. The van der Waals surface area contributed by atoms with Gasteiger partial charge in [-0.1, -0.05) is 28.1 Å². The fourth-order valence-corrected chi connectivity index (χ4v) is 2.92. The molecule has 0 amide bonds. The number of nitrogens with one attached hydrogen (secondary N) is 1. The summed E-state index contributed by atoms with van der Waals surface area (Å²) in [4.78, 5) is 0. The van der Waals surface area contributed by atoms with Gasteiger partial charge in [0, 0.05) is 10.5 Å². The van der Waals surface area contributed by atoms with Crippen molar-refractivity contribution in [2.45, 2.75) is 44.8 Å². The van der Waals surface area contributed by atoms with Crippen LogP contribution >= 0.6 is 15.9 Å². The molecule has 2 nitrogen and oxygen atoms in total. The van der Waals surface area contributed by atoms with E-state index in [4.69, 9.17) is 4.74 Å². The summed E-state index contributed by atoms with van der Waals surface area (Å²) in [6.45, 7) is 3.27. The van der Waals surface area contributed by atoms with Crippen LogP contribution in [0.25, 0.3) is 10.8 Å². The molecule has 0 bridgehead atoms. The summed E-state index contributed by atoms with van der Waals surface area (Å²) in [7, 11) is 0. The monoisotopic (exact) mass is 347 g/mol. The molecule has 3 heteroatoms. The zero-order valence-electron chi connectivity index (χ0n) is 12.4. The number of ether oxygens (including phenoxy) is 1. The summed E-state index contributed by atoms with van der Waals surface area (Å²) in [5.74, 6) is 0.965. The van der Waals surface area contributed by atoms with Crippen molar-refractivity contribution < 1.29 is 4.74 Å². The molecule has 1 N–H and O–H groups in total. The molecule has 0 aromatic heterocycles. The van der Waals surface area contributed by atoms with E-state index in [1.807, 2.05) is 0 Å². The van der Waals surface area contributed by atoms with Crippen molar-refractivity contribution in [3.05, 3.63) is 40.9 Å². The van der Waals surface area contributed by atoms with E-state index in [1.54, 1.807) is 0 Å². The first-order valence-electron chi connectivity index (χ1n) is 7.80. The Labute approximate surface area is 135 Å². The van der Waals surface area contributed by atoms with E-state index in [-0.39, 0.29) is 6.10 Å². The molecule has 0 radical (unpaired) electrons. The second kappa shape index (κ2) is 6.80. The van der Waals surface area contributed by atoms with Gasteiger partial charge in [0.2, 0.25) is 0 Å². The highest BCUT2D eigenvalue weighted by molar-refractivity contribution is 9.10. The maximum Gasteiger partial charge on any atom is 0.120 e. The first kappa shape index (κ1) is 14.9. The normalized spacial score (nSPS) is 16.1. The quantitative estimate of drug-likeness (QED) is 0.719. The van der Waals surface area contributed by atoms with E-state index in [1.165, 1.54) is 30.0 Å². The average Bonchev–Trinajstić information content (AvgIpc) is 3.28. The number of hydrogen-bond donors (Lipinski definition) is 1. The van der Waals surface area contributed by atoms with Crippen molar-refractivity contribution in [1.82, 2.24) is 5.32 Å². The molecule has 1 fully saturated rings. The average molecular weight is 348 g/mol. The van der Waals surface area contributed by atoms with Crippen LogP contribution in [0.3, 0.4) is 0 Å². The zero-order valence-corrected chi connectivity index (χ0v) is 14.0. The van der Waals surface area contributed by atoms with Gasteiger partial charge in [-0.15, -0.1) is 0 Å². The van der Waals surface area contributed by atoms with Gasteiger partial charge in [-0.2, -0.15) is 0 Å². The Balaban J connectivity index is 1.52. The van der Waals surface area contributed by atoms with Crippen LogP contribution in [0, 0.1) is 0 Å². The van der Waals surface area contributed by atoms with Crippen molar-refractivity contribution in [3.8, 4) is 5.75 Å². The minimum Gasteiger partial charge on any atom is -0.491 e. The van der Waals surface area contributed by atoms with Gasteiger partial charge in [0.1, 0.15) is 5.75 Å². The second-order valence-electron chi connectivity index (χ2n) is 5.95. The molecule has 1 atom stereocenters. The van der Waals surface area contributed by atoms with Gasteiger partial charge in [0.05, 0.1) is 6.10 Å². The fraction of sp³-hybridized carbons (Fsp3) is 0.444. The largest absolute Gasteiger partial charge is 0.491 e. The van der Waals surface area contributed by atoms with Crippen LogP contribution in [0.5, 0.6) is 5.75 Å². The predicted molar refractivity (Wildman–Crippen MR) is 92.0 cm³/mol. The summed E-state index contributed by atoms with van der Waals surface area (Å²) in [6, 6.07) is 13.4. The van der Waals surface area contributed by atoms with Crippen LogP contribution in [0.4, 0.5) is 0 Å². The van der Waals surface area contributed by atoms with Crippen LogP contribution < -0.4 is 10.1 Å². The van der Waals surface area contributed by atoms with Gasteiger partial charge in [-0.05, 0) is 74.2 Å². The van der Waals surface area contributed by atoms with E-state index in [9.17, 15) is 0 Å². The lowest BCUT2D eigenvalue weighted by molar-refractivity contribution is 0.207. The number of halogens is 1. The van der Waals surface area contributed by atoms with Gasteiger partial charge in [-0.3, -0.25) is 0 Å². The zero-order chi connectivity index (χ0) is 14.7. The molecule has 2 aromatic carbocycles. The third-order valence-corrected chi connectivity index (χ3v) is 4.40. The lowest BCUT2D eigenvalue weighted by Gasteiger charge is -2.15. The van der Waals surface area contributed by atoms with E-state index in [2.05, 4.69) is 64.6 Å². The Bertz CT molecular complexity index is 609. The minimum absolute atomic E-state index is 0.263. The van der Waals surface area contributed by atoms with Crippen molar-refractivity contribution >= 4 is 26.7 Å². The van der Waals surface area contributed by atoms with Gasteiger partial charge in [0.25, 0.3) is 0 Å². The maximum absolute atomic E-state index is 6.04. The maximum atomic E-state index is 6.04. The predicted octanol–water partition coefficient (Wildman–Crippen LogP) is 4.90. The van der Waals surface area contributed by atoms with Crippen LogP contribution in [0.2, 0.25) is 0 Å². The summed E-state index contributed by atoms with van der Waals surface area (Å²) in [5.41, 5.74) is 0. The lowest BCUT2D eigenvalue weighted by atomic mass is 10.1. The minimum atomic E-state index is 0.263. The molecule has 1 saturated carbocycles. The molecular formula is C18H22BrNO. The molecule has 1 aliphatic carbocycles. The molecular weight excluding hydrogens is 326 g/mol. The summed E-state index contributed by atoms with van der Waals surface area (Å²) >= 11 is 3.50. The first-order valence-corrected chi connectivity index (χ1v) is 8.59. The smallest absolute Gasteiger partial charge is 0.120 e. The molecule has 21 heavy (non-hydrogen) atoms. The number of hydrogen-bond acceptors (Lipinski definition) is 2. The van der Waals surface area contributed by atoms with Crippen molar-refractivity contribution in [2.75, 3.05) is 6.54 Å². The Kier molecular flexibility index (Phi) is 4.81. The van der Waals surface area contributed by atoms with Gasteiger partial charge in [-0.25, -0.2) is 0 Å². The Hall–Kier alpha value is -1.06. The molecule has 1 aliphatic rings. The van der Waals surface area contributed by atoms with E-state index < -0.39 is 0 Å². The summed E-state index contributed by atoms with van der Waals surface area (Å²) in [5, 5.41) is 6.00. The van der Waals surface area contributed by atoms with E-state index in [0.717, 1.165) is 29.2 Å². The lowest BCUT2D eigenvalue weighted by Crippen LogP contribution is -2.20. The third kappa shape index (κ3) is 4.45. The molecule has 0 heterocycles. The van der Waals surface area contributed by atoms with Crippen molar-refractivity contribution in [3.63, 3.8) is 0 Å². The molecule has 0 saturated heterocycles. The second-order valence-corrected chi connectivity index (χ2v) is 6.87. The number of rotatable bonds is 7. The van der Waals surface area contributed by atoms with E-state index in [0.29, 0.717) is 0 Å². The third-order valence-electron chi connectivity index (χ3n) is 3.91. The van der Waals surface area contributed by atoms with Crippen LogP contribution in [0.15, 0.2) is 40.9 Å². The topological polar surface area (TPSA) is 21.3 Å².